The fourth-order valence-corrected chi connectivity index (χ4v) is 3.51. The van der Waals surface area contributed by atoms with Crippen molar-refractivity contribution in [2.75, 3.05) is 0 Å². The minimum atomic E-state index is -0.210. The maximum absolute atomic E-state index is 13.8. The second-order valence-electron chi connectivity index (χ2n) is 5.77. The lowest BCUT2D eigenvalue weighted by molar-refractivity contribution is 0.466. The maximum atomic E-state index is 13.8. The van der Waals surface area contributed by atoms with Crippen LogP contribution in [0.4, 0.5) is 4.39 Å². The molecule has 0 amide bonds. The Morgan fingerprint density at radius 2 is 1.38 bits per heavy atom. The van der Waals surface area contributed by atoms with Gasteiger partial charge in [0.25, 0.3) is 5.22 Å². The molecule has 0 bridgehead atoms. The van der Waals surface area contributed by atoms with Crippen LogP contribution in [0.25, 0.3) is 22.6 Å². The van der Waals surface area contributed by atoms with E-state index in [1.54, 1.807) is 12.1 Å². The van der Waals surface area contributed by atoms with E-state index in [2.05, 4.69) is 4.98 Å². The second-order valence-corrected chi connectivity index (χ2v) is 6.70. The normalized spacial score (nSPS) is 10.8. The number of nitrogens with zero attached hydrogens (tertiary/aromatic N) is 1. The number of benzene rings is 3. The van der Waals surface area contributed by atoms with Gasteiger partial charge in [-0.3, -0.25) is 0 Å². The molecule has 0 aliphatic carbocycles. The van der Waals surface area contributed by atoms with E-state index < -0.39 is 0 Å². The summed E-state index contributed by atoms with van der Waals surface area (Å²) in [4.78, 5) is 4.68. The first-order chi connectivity index (χ1) is 12.8. The van der Waals surface area contributed by atoms with Crippen LogP contribution < -0.4 is 0 Å². The maximum Gasteiger partial charge on any atom is 0.257 e. The highest BCUT2D eigenvalue weighted by atomic mass is 32.2. The Morgan fingerprint density at radius 1 is 0.769 bits per heavy atom. The zero-order valence-electron chi connectivity index (χ0n) is 13.9. The van der Waals surface area contributed by atoms with Gasteiger partial charge in [-0.1, -0.05) is 90.6 Å². The number of thioether (sulfide) groups is 1. The van der Waals surface area contributed by atoms with E-state index in [1.165, 1.54) is 17.8 Å². The lowest BCUT2D eigenvalue weighted by Gasteiger charge is -2.00. The van der Waals surface area contributed by atoms with Crippen LogP contribution in [0.15, 0.2) is 94.6 Å². The van der Waals surface area contributed by atoms with Gasteiger partial charge in [-0.25, -0.2) is 9.37 Å². The van der Waals surface area contributed by atoms with Crippen LogP contribution in [-0.4, -0.2) is 4.98 Å². The highest BCUT2D eigenvalue weighted by Crippen LogP contribution is 2.36. The van der Waals surface area contributed by atoms with Crippen molar-refractivity contribution in [2.24, 2.45) is 0 Å². The summed E-state index contributed by atoms with van der Waals surface area (Å²) in [6.45, 7) is 0. The third-order valence-corrected chi connectivity index (χ3v) is 4.88. The van der Waals surface area contributed by atoms with Crippen molar-refractivity contribution >= 4 is 11.8 Å². The van der Waals surface area contributed by atoms with E-state index >= 15 is 0 Å². The molecule has 1 heterocycles. The molecule has 4 aromatic rings. The summed E-state index contributed by atoms with van der Waals surface area (Å²) in [7, 11) is 0. The molecule has 0 atom stereocenters. The van der Waals surface area contributed by atoms with Crippen molar-refractivity contribution in [1.29, 1.82) is 0 Å². The van der Waals surface area contributed by atoms with E-state index in [4.69, 9.17) is 4.42 Å². The molecule has 4 heteroatoms. The van der Waals surface area contributed by atoms with E-state index in [0.717, 1.165) is 22.6 Å². The number of hydrogen-bond donors (Lipinski definition) is 0. The van der Waals surface area contributed by atoms with Crippen LogP contribution in [0.3, 0.4) is 0 Å². The van der Waals surface area contributed by atoms with Crippen LogP contribution in [0, 0.1) is 5.82 Å². The van der Waals surface area contributed by atoms with Crippen molar-refractivity contribution in [3.05, 3.63) is 96.3 Å². The highest BCUT2D eigenvalue weighted by Gasteiger charge is 2.17. The Morgan fingerprint density at radius 3 is 2.08 bits per heavy atom. The Bertz CT molecular complexity index is 942. The summed E-state index contributed by atoms with van der Waals surface area (Å²) < 4.78 is 19.9. The summed E-state index contributed by atoms with van der Waals surface area (Å²) in [6, 6.07) is 26.6. The van der Waals surface area contributed by atoms with Crippen molar-refractivity contribution in [3.8, 4) is 22.6 Å². The Kier molecular flexibility index (Phi) is 4.84. The predicted molar refractivity (Wildman–Crippen MR) is 103 cm³/mol. The first-order valence-corrected chi connectivity index (χ1v) is 9.28. The first kappa shape index (κ1) is 16.6. The van der Waals surface area contributed by atoms with Gasteiger partial charge in [-0.05, 0) is 11.6 Å². The van der Waals surface area contributed by atoms with Gasteiger partial charge in [-0.2, -0.15) is 0 Å². The van der Waals surface area contributed by atoms with Gasteiger partial charge in [0.05, 0.1) is 0 Å². The molecular formula is C22H16FNOS. The third-order valence-electron chi connectivity index (χ3n) is 4.00. The lowest BCUT2D eigenvalue weighted by atomic mass is 10.1. The average molecular weight is 361 g/mol. The van der Waals surface area contributed by atoms with Crippen LogP contribution in [0.2, 0.25) is 0 Å². The summed E-state index contributed by atoms with van der Waals surface area (Å²) in [5.41, 5.74) is 3.40. The topological polar surface area (TPSA) is 26.0 Å². The minimum Gasteiger partial charge on any atom is -0.431 e. The molecule has 0 spiro atoms. The zero-order valence-corrected chi connectivity index (χ0v) is 14.7. The van der Waals surface area contributed by atoms with Gasteiger partial charge in [0.1, 0.15) is 11.5 Å². The van der Waals surface area contributed by atoms with Gasteiger partial charge in [0, 0.05) is 16.9 Å². The molecular weight excluding hydrogens is 345 g/mol. The molecule has 0 aliphatic rings. The summed E-state index contributed by atoms with van der Waals surface area (Å²) in [6.07, 6.45) is 0. The minimum absolute atomic E-state index is 0.210. The molecule has 2 nitrogen and oxygen atoms in total. The summed E-state index contributed by atoms with van der Waals surface area (Å²) >= 11 is 1.39. The smallest absolute Gasteiger partial charge is 0.257 e. The van der Waals surface area contributed by atoms with Gasteiger partial charge < -0.3 is 4.42 Å². The number of hydrogen-bond acceptors (Lipinski definition) is 3. The quantitative estimate of drug-likeness (QED) is 0.383. The molecule has 3 aromatic carbocycles. The molecule has 0 radical (unpaired) electrons. The fourth-order valence-electron chi connectivity index (χ4n) is 2.69. The molecule has 0 fully saturated rings. The Hall–Kier alpha value is -2.85. The molecule has 0 saturated heterocycles. The second kappa shape index (κ2) is 7.58. The van der Waals surface area contributed by atoms with Crippen LogP contribution >= 0.6 is 11.8 Å². The first-order valence-electron chi connectivity index (χ1n) is 8.29. The van der Waals surface area contributed by atoms with Crippen LogP contribution in [0.1, 0.15) is 5.56 Å². The molecule has 0 unspecified atom stereocenters. The van der Waals surface area contributed by atoms with Crippen LogP contribution in [-0.2, 0) is 5.75 Å². The highest BCUT2D eigenvalue weighted by molar-refractivity contribution is 7.98. The molecule has 1 aromatic heterocycles. The average Bonchev–Trinajstić information content (AvgIpc) is 3.13. The van der Waals surface area contributed by atoms with Crippen molar-refractivity contribution in [2.45, 2.75) is 11.0 Å². The van der Waals surface area contributed by atoms with E-state index in [1.807, 2.05) is 66.7 Å². The largest absolute Gasteiger partial charge is 0.431 e. The van der Waals surface area contributed by atoms with E-state index in [9.17, 15) is 4.39 Å². The van der Waals surface area contributed by atoms with E-state index in [-0.39, 0.29) is 5.82 Å². The zero-order chi connectivity index (χ0) is 17.8. The Labute approximate surface area is 155 Å². The number of aromatic nitrogens is 1. The fraction of sp³-hybridized carbons (Fsp3) is 0.0455. The van der Waals surface area contributed by atoms with E-state index in [0.29, 0.717) is 16.5 Å². The van der Waals surface area contributed by atoms with Gasteiger partial charge in [-0.15, -0.1) is 0 Å². The Balaban J connectivity index is 1.68. The van der Waals surface area contributed by atoms with Crippen molar-refractivity contribution < 1.29 is 8.81 Å². The predicted octanol–water partition coefficient (Wildman–Crippen LogP) is 6.44. The molecule has 0 N–H and O–H groups in total. The molecule has 0 aliphatic heterocycles. The van der Waals surface area contributed by atoms with Gasteiger partial charge in [0.15, 0.2) is 5.76 Å². The van der Waals surface area contributed by atoms with Gasteiger partial charge in [0.2, 0.25) is 0 Å². The SMILES string of the molecule is Fc1ccccc1CSc1nc(-c2ccccc2)c(-c2ccccc2)o1. The monoisotopic (exact) mass is 361 g/mol. The number of oxazole rings is 1. The summed E-state index contributed by atoms with van der Waals surface area (Å²) in [5.74, 6) is 0.987. The molecule has 4 rings (SSSR count). The molecule has 26 heavy (non-hydrogen) atoms. The number of rotatable bonds is 5. The third kappa shape index (κ3) is 3.55. The standard InChI is InChI=1S/C22H16FNOS/c23-19-14-8-7-13-18(19)15-26-22-24-20(16-9-3-1-4-10-16)21(25-22)17-11-5-2-6-12-17/h1-14H,15H2. The summed E-state index contributed by atoms with van der Waals surface area (Å²) in [5, 5.41) is 0.533. The lowest BCUT2D eigenvalue weighted by Crippen LogP contribution is -1.86. The van der Waals surface area contributed by atoms with Crippen molar-refractivity contribution in [1.82, 2.24) is 4.98 Å². The van der Waals surface area contributed by atoms with Crippen LogP contribution in [0.5, 0.6) is 0 Å². The number of halogens is 1. The van der Waals surface area contributed by atoms with Crippen molar-refractivity contribution in [3.63, 3.8) is 0 Å². The molecule has 128 valence electrons. The van der Waals surface area contributed by atoms with Gasteiger partial charge >= 0.3 is 0 Å². The molecule has 0 saturated carbocycles.